The van der Waals surface area contributed by atoms with Crippen molar-refractivity contribution < 1.29 is 18.3 Å². The van der Waals surface area contributed by atoms with Gasteiger partial charge in [-0.05, 0) is 23.6 Å². The monoisotopic (exact) mass is 429 g/mol. The zero-order valence-electron chi connectivity index (χ0n) is 12.8. The minimum absolute atomic E-state index is 0. The van der Waals surface area contributed by atoms with Gasteiger partial charge in [0.05, 0.1) is 13.7 Å². The third-order valence-electron chi connectivity index (χ3n) is 2.57. The number of halogens is 3. The average Bonchev–Trinajstić information content (AvgIpc) is 2.42. The molecule has 0 radical (unpaired) electrons. The fourth-order valence-electron chi connectivity index (χ4n) is 1.55. The summed E-state index contributed by atoms with van der Waals surface area (Å²) in [5, 5.41) is 2.97. The molecular formula is C14H22F2IN3O2. The molecular weight excluding hydrogens is 407 g/mol. The summed E-state index contributed by atoms with van der Waals surface area (Å²) >= 11 is 0. The van der Waals surface area contributed by atoms with Crippen LogP contribution in [-0.4, -0.2) is 26.2 Å². The lowest BCUT2D eigenvalue weighted by molar-refractivity contribution is -0.0512. The van der Waals surface area contributed by atoms with Crippen LogP contribution in [0.1, 0.15) is 19.4 Å². The average molecular weight is 429 g/mol. The molecule has 0 atom stereocenters. The fraction of sp³-hybridized carbons (Fsp3) is 0.500. The van der Waals surface area contributed by atoms with Gasteiger partial charge in [0.15, 0.2) is 17.5 Å². The number of guanidine groups is 1. The molecule has 3 N–H and O–H groups in total. The molecule has 0 aliphatic rings. The van der Waals surface area contributed by atoms with Crippen LogP contribution in [0.15, 0.2) is 23.2 Å². The molecule has 0 saturated carbocycles. The SMILES string of the molecule is COc1ccc(CN=C(N)NCC(C)C)cc1OC(F)F.I. The van der Waals surface area contributed by atoms with Crippen molar-refractivity contribution >= 4 is 29.9 Å². The Morgan fingerprint density at radius 1 is 1.32 bits per heavy atom. The first-order valence-electron chi connectivity index (χ1n) is 6.58. The molecule has 8 heteroatoms. The topological polar surface area (TPSA) is 68.9 Å². The van der Waals surface area contributed by atoms with Gasteiger partial charge in [0.2, 0.25) is 0 Å². The fourth-order valence-corrected chi connectivity index (χ4v) is 1.55. The summed E-state index contributed by atoms with van der Waals surface area (Å²) in [6, 6.07) is 4.74. The third kappa shape index (κ3) is 7.62. The first-order chi connectivity index (χ1) is 9.92. The molecule has 1 aromatic rings. The lowest BCUT2D eigenvalue weighted by Crippen LogP contribution is -2.34. The van der Waals surface area contributed by atoms with Gasteiger partial charge in [-0.2, -0.15) is 8.78 Å². The minimum Gasteiger partial charge on any atom is -0.493 e. The van der Waals surface area contributed by atoms with Crippen LogP contribution in [0.4, 0.5) is 8.78 Å². The van der Waals surface area contributed by atoms with Crippen LogP contribution in [-0.2, 0) is 6.54 Å². The van der Waals surface area contributed by atoms with E-state index >= 15 is 0 Å². The predicted octanol–water partition coefficient (Wildman–Crippen LogP) is 2.97. The molecule has 0 aliphatic heterocycles. The van der Waals surface area contributed by atoms with E-state index < -0.39 is 6.61 Å². The summed E-state index contributed by atoms with van der Waals surface area (Å²) in [7, 11) is 1.39. The van der Waals surface area contributed by atoms with Crippen LogP contribution in [0, 0.1) is 5.92 Å². The second kappa shape index (κ2) is 10.4. The maximum Gasteiger partial charge on any atom is 0.387 e. The van der Waals surface area contributed by atoms with Gasteiger partial charge in [-0.3, -0.25) is 0 Å². The van der Waals surface area contributed by atoms with E-state index in [9.17, 15) is 8.78 Å². The number of methoxy groups -OCH3 is 1. The molecule has 5 nitrogen and oxygen atoms in total. The van der Waals surface area contributed by atoms with Crippen LogP contribution >= 0.6 is 24.0 Å². The standard InChI is InChI=1S/C14H21F2N3O2.HI/c1-9(2)7-18-14(17)19-8-10-4-5-11(20-3)12(6-10)21-13(15)16;/h4-6,9,13H,7-8H2,1-3H3,(H3,17,18,19);1H. The molecule has 22 heavy (non-hydrogen) atoms. The van der Waals surface area contributed by atoms with Crippen molar-refractivity contribution in [3.05, 3.63) is 23.8 Å². The number of hydrogen-bond acceptors (Lipinski definition) is 3. The van der Waals surface area contributed by atoms with E-state index in [2.05, 4.69) is 28.9 Å². The van der Waals surface area contributed by atoms with E-state index in [0.29, 0.717) is 17.4 Å². The summed E-state index contributed by atoms with van der Waals surface area (Å²) in [4.78, 5) is 4.14. The Hall–Kier alpha value is -1.32. The number of rotatable bonds is 7. The van der Waals surface area contributed by atoms with E-state index in [1.807, 2.05) is 0 Å². The predicted molar refractivity (Wildman–Crippen MR) is 93.2 cm³/mol. The first-order valence-corrected chi connectivity index (χ1v) is 6.58. The first kappa shape index (κ1) is 20.7. The minimum atomic E-state index is -2.91. The van der Waals surface area contributed by atoms with Crippen LogP contribution in [0.5, 0.6) is 11.5 Å². The van der Waals surface area contributed by atoms with Gasteiger partial charge >= 0.3 is 6.61 Å². The Balaban J connectivity index is 0.00000441. The second-order valence-electron chi connectivity index (χ2n) is 4.84. The number of benzene rings is 1. The number of ether oxygens (including phenoxy) is 2. The van der Waals surface area contributed by atoms with E-state index in [-0.39, 0.29) is 42.0 Å². The largest absolute Gasteiger partial charge is 0.493 e. The van der Waals surface area contributed by atoms with Gasteiger partial charge in [0.1, 0.15) is 0 Å². The van der Waals surface area contributed by atoms with E-state index in [1.165, 1.54) is 13.2 Å². The molecule has 0 aliphatic carbocycles. The van der Waals surface area contributed by atoms with Gasteiger partial charge in [0.25, 0.3) is 0 Å². The summed E-state index contributed by atoms with van der Waals surface area (Å²) in [6.45, 7) is 2.18. The quantitative estimate of drug-likeness (QED) is 0.398. The number of hydrogen-bond donors (Lipinski definition) is 2. The van der Waals surface area contributed by atoms with E-state index in [1.54, 1.807) is 12.1 Å². The number of nitrogens with two attached hydrogens (primary N) is 1. The summed E-state index contributed by atoms with van der Waals surface area (Å²) < 4.78 is 34.0. The van der Waals surface area contributed by atoms with Crippen molar-refractivity contribution in [1.29, 1.82) is 0 Å². The zero-order chi connectivity index (χ0) is 15.8. The molecule has 0 unspecified atom stereocenters. The van der Waals surface area contributed by atoms with E-state index in [0.717, 1.165) is 6.54 Å². The van der Waals surface area contributed by atoms with Crippen molar-refractivity contribution in [3.63, 3.8) is 0 Å². The maximum atomic E-state index is 12.3. The van der Waals surface area contributed by atoms with Crippen LogP contribution in [0.2, 0.25) is 0 Å². The summed E-state index contributed by atoms with van der Waals surface area (Å²) in [5.74, 6) is 0.990. The van der Waals surface area contributed by atoms with Crippen LogP contribution < -0.4 is 20.5 Å². The highest BCUT2D eigenvalue weighted by Gasteiger charge is 2.11. The van der Waals surface area contributed by atoms with Crippen molar-refractivity contribution in [3.8, 4) is 11.5 Å². The number of nitrogens with one attached hydrogen (secondary N) is 1. The third-order valence-corrected chi connectivity index (χ3v) is 2.57. The second-order valence-corrected chi connectivity index (χ2v) is 4.84. The molecule has 1 aromatic carbocycles. The Kier molecular flexibility index (Phi) is 9.79. The Bertz CT molecular complexity index is 485. The maximum absolute atomic E-state index is 12.3. The molecule has 1 rings (SSSR count). The molecule has 0 saturated heterocycles. The van der Waals surface area contributed by atoms with Gasteiger partial charge < -0.3 is 20.5 Å². The Morgan fingerprint density at radius 2 is 2.00 bits per heavy atom. The lowest BCUT2D eigenvalue weighted by Gasteiger charge is -2.11. The molecule has 0 fully saturated rings. The highest BCUT2D eigenvalue weighted by molar-refractivity contribution is 14.0. The zero-order valence-corrected chi connectivity index (χ0v) is 15.1. The Labute approximate surface area is 146 Å². The molecule has 0 spiro atoms. The summed E-state index contributed by atoms with van der Waals surface area (Å²) in [6.07, 6.45) is 0. The van der Waals surface area contributed by atoms with Crippen LogP contribution in [0.3, 0.4) is 0 Å². The Morgan fingerprint density at radius 3 is 2.55 bits per heavy atom. The van der Waals surface area contributed by atoms with E-state index in [4.69, 9.17) is 10.5 Å². The van der Waals surface area contributed by atoms with Gasteiger partial charge in [-0.25, -0.2) is 4.99 Å². The van der Waals surface area contributed by atoms with Crippen molar-refractivity contribution in [2.24, 2.45) is 16.6 Å². The molecule has 0 heterocycles. The van der Waals surface area contributed by atoms with Crippen molar-refractivity contribution in [2.45, 2.75) is 27.0 Å². The van der Waals surface area contributed by atoms with Gasteiger partial charge in [-0.15, -0.1) is 24.0 Å². The van der Waals surface area contributed by atoms with Gasteiger partial charge in [0, 0.05) is 6.54 Å². The molecule has 126 valence electrons. The number of aliphatic imine (C=N–C) groups is 1. The van der Waals surface area contributed by atoms with Crippen molar-refractivity contribution in [1.82, 2.24) is 5.32 Å². The van der Waals surface area contributed by atoms with Gasteiger partial charge in [-0.1, -0.05) is 19.9 Å². The van der Waals surface area contributed by atoms with Crippen molar-refractivity contribution in [2.75, 3.05) is 13.7 Å². The molecule has 0 bridgehead atoms. The smallest absolute Gasteiger partial charge is 0.387 e. The molecule has 0 aromatic heterocycles. The molecule has 0 amide bonds. The number of nitrogens with zero attached hydrogens (tertiary/aromatic N) is 1. The normalized spacial score (nSPS) is 11.3. The highest BCUT2D eigenvalue weighted by Crippen LogP contribution is 2.29. The highest BCUT2D eigenvalue weighted by atomic mass is 127. The van der Waals surface area contributed by atoms with Crippen LogP contribution in [0.25, 0.3) is 0 Å². The number of alkyl halides is 2. The lowest BCUT2D eigenvalue weighted by atomic mass is 10.2. The summed E-state index contributed by atoms with van der Waals surface area (Å²) in [5.41, 5.74) is 6.40.